The van der Waals surface area contributed by atoms with Gasteiger partial charge in [-0.3, -0.25) is 10.1 Å². The number of aromatic nitrogens is 1. The minimum absolute atomic E-state index is 0.273. The Balaban J connectivity index is 1.46. The standard InChI is InChI=1S/C23H20N2O4S/c1-13-8-14(2)21-19(9-13)30-23(25-21)24-20(26)12-29-22(27)17-10-15-6-4-5-7-16(15)11-18(17)28-3/h4-11H,12H2,1-3H3,(H,24,25,26). The fourth-order valence-electron chi connectivity index (χ4n) is 3.34. The van der Waals surface area contributed by atoms with Gasteiger partial charge in [0.25, 0.3) is 5.91 Å². The molecule has 0 spiro atoms. The molecule has 1 amide bonds. The zero-order valence-electron chi connectivity index (χ0n) is 16.8. The molecule has 0 bridgehead atoms. The Morgan fingerprint density at radius 1 is 1.07 bits per heavy atom. The van der Waals surface area contributed by atoms with E-state index in [1.807, 2.05) is 50.2 Å². The third-order valence-electron chi connectivity index (χ3n) is 4.70. The maximum atomic E-state index is 12.6. The molecule has 0 atom stereocenters. The molecule has 0 fully saturated rings. The van der Waals surface area contributed by atoms with Gasteiger partial charge in [0.05, 0.1) is 17.3 Å². The van der Waals surface area contributed by atoms with Crippen molar-refractivity contribution in [2.45, 2.75) is 13.8 Å². The number of thiazole rings is 1. The normalized spacial score (nSPS) is 10.9. The number of amides is 1. The summed E-state index contributed by atoms with van der Waals surface area (Å²) in [4.78, 5) is 29.3. The van der Waals surface area contributed by atoms with Gasteiger partial charge in [0.1, 0.15) is 11.3 Å². The zero-order chi connectivity index (χ0) is 21.3. The molecule has 1 aromatic heterocycles. The molecule has 0 saturated heterocycles. The summed E-state index contributed by atoms with van der Waals surface area (Å²) in [6.45, 7) is 3.59. The third kappa shape index (κ3) is 3.97. The zero-order valence-corrected chi connectivity index (χ0v) is 17.6. The number of nitrogens with zero attached hydrogens (tertiary/aromatic N) is 1. The van der Waals surface area contributed by atoms with E-state index < -0.39 is 18.5 Å². The Kier molecular flexibility index (Phi) is 5.37. The number of nitrogens with one attached hydrogen (secondary N) is 1. The van der Waals surface area contributed by atoms with Gasteiger partial charge in [-0.15, -0.1) is 0 Å². The number of carbonyl (C=O) groups excluding carboxylic acids is 2. The van der Waals surface area contributed by atoms with Crippen LogP contribution in [0, 0.1) is 13.8 Å². The van der Waals surface area contributed by atoms with E-state index >= 15 is 0 Å². The Morgan fingerprint density at radius 2 is 1.80 bits per heavy atom. The molecule has 0 aliphatic rings. The molecular weight excluding hydrogens is 400 g/mol. The summed E-state index contributed by atoms with van der Waals surface area (Å²) in [7, 11) is 1.49. The van der Waals surface area contributed by atoms with E-state index in [2.05, 4.69) is 10.3 Å². The maximum Gasteiger partial charge on any atom is 0.342 e. The highest BCUT2D eigenvalue weighted by molar-refractivity contribution is 7.22. The van der Waals surface area contributed by atoms with Crippen molar-refractivity contribution in [2.24, 2.45) is 0 Å². The van der Waals surface area contributed by atoms with Gasteiger partial charge in [0.15, 0.2) is 11.7 Å². The molecule has 0 aliphatic heterocycles. The van der Waals surface area contributed by atoms with E-state index in [1.54, 1.807) is 12.1 Å². The van der Waals surface area contributed by atoms with Crippen LogP contribution in [0.4, 0.5) is 5.13 Å². The number of carbonyl (C=O) groups is 2. The van der Waals surface area contributed by atoms with Crippen LogP contribution in [0.3, 0.4) is 0 Å². The summed E-state index contributed by atoms with van der Waals surface area (Å²) in [5.41, 5.74) is 3.32. The second-order valence-corrected chi connectivity index (χ2v) is 8.00. The van der Waals surface area contributed by atoms with Gasteiger partial charge in [-0.25, -0.2) is 9.78 Å². The van der Waals surface area contributed by atoms with Gasteiger partial charge in [0, 0.05) is 0 Å². The summed E-state index contributed by atoms with van der Waals surface area (Å²) in [6, 6.07) is 15.2. The van der Waals surface area contributed by atoms with E-state index in [1.165, 1.54) is 18.4 Å². The summed E-state index contributed by atoms with van der Waals surface area (Å²) >= 11 is 1.39. The molecule has 4 aromatic rings. The molecular formula is C23H20N2O4S. The number of fused-ring (bicyclic) bond motifs is 2. The number of esters is 1. The molecule has 152 valence electrons. The number of ether oxygens (including phenoxy) is 2. The predicted octanol–water partition coefficient (Wildman–Crippen LogP) is 4.87. The first-order chi connectivity index (χ1) is 14.4. The average molecular weight is 420 g/mol. The van der Waals surface area contributed by atoms with Crippen molar-refractivity contribution in [1.82, 2.24) is 4.98 Å². The topological polar surface area (TPSA) is 77.5 Å². The van der Waals surface area contributed by atoms with Crippen LogP contribution < -0.4 is 10.1 Å². The number of benzene rings is 3. The lowest BCUT2D eigenvalue weighted by molar-refractivity contribution is -0.119. The second-order valence-electron chi connectivity index (χ2n) is 6.97. The van der Waals surface area contributed by atoms with E-state index in [4.69, 9.17) is 9.47 Å². The van der Waals surface area contributed by atoms with E-state index in [9.17, 15) is 9.59 Å². The van der Waals surface area contributed by atoms with Gasteiger partial charge in [-0.1, -0.05) is 41.7 Å². The SMILES string of the molecule is COc1cc2ccccc2cc1C(=O)OCC(=O)Nc1nc2c(C)cc(C)cc2s1. The molecule has 6 nitrogen and oxygen atoms in total. The van der Waals surface area contributed by atoms with Crippen LogP contribution >= 0.6 is 11.3 Å². The summed E-state index contributed by atoms with van der Waals surface area (Å²) in [5.74, 6) is -0.670. The number of hydrogen-bond acceptors (Lipinski definition) is 6. The quantitative estimate of drug-likeness (QED) is 0.466. The number of hydrogen-bond donors (Lipinski definition) is 1. The highest BCUT2D eigenvalue weighted by Gasteiger charge is 2.17. The van der Waals surface area contributed by atoms with Crippen molar-refractivity contribution in [3.8, 4) is 5.75 Å². The van der Waals surface area contributed by atoms with Crippen molar-refractivity contribution in [3.63, 3.8) is 0 Å². The van der Waals surface area contributed by atoms with E-state index in [-0.39, 0.29) is 5.56 Å². The van der Waals surface area contributed by atoms with Crippen molar-refractivity contribution in [1.29, 1.82) is 0 Å². The number of methoxy groups -OCH3 is 1. The van der Waals surface area contributed by atoms with Gasteiger partial charge in [-0.2, -0.15) is 0 Å². The highest BCUT2D eigenvalue weighted by atomic mass is 32.1. The Hall–Kier alpha value is -3.45. The third-order valence-corrected chi connectivity index (χ3v) is 5.62. The average Bonchev–Trinajstić information content (AvgIpc) is 3.13. The van der Waals surface area contributed by atoms with Crippen LogP contribution in [0.1, 0.15) is 21.5 Å². The lowest BCUT2D eigenvalue weighted by Crippen LogP contribution is -2.21. The minimum atomic E-state index is -0.622. The van der Waals surface area contributed by atoms with Gasteiger partial charge in [0.2, 0.25) is 0 Å². The molecule has 30 heavy (non-hydrogen) atoms. The molecule has 0 aliphatic carbocycles. The Morgan fingerprint density at radius 3 is 2.53 bits per heavy atom. The molecule has 0 saturated carbocycles. The van der Waals surface area contributed by atoms with Crippen LogP contribution in [-0.2, 0) is 9.53 Å². The van der Waals surface area contributed by atoms with Crippen LogP contribution in [0.2, 0.25) is 0 Å². The van der Waals surface area contributed by atoms with Gasteiger partial charge >= 0.3 is 5.97 Å². The number of anilines is 1. The molecule has 1 heterocycles. The first kappa shape index (κ1) is 19.8. The lowest BCUT2D eigenvalue weighted by atomic mass is 10.1. The minimum Gasteiger partial charge on any atom is -0.496 e. The fraction of sp³-hybridized carbons (Fsp3) is 0.174. The Bertz CT molecular complexity index is 1280. The molecule has 4 rings (SSSR count). The largest absolute Gasteiger partial charge is 0.496 e. The second kappa shape index (κ2) is 8.12. The van der Waals surface area contributed by atoms with Gasteiger partial charge in [-0.05, 0) is 53.9 Å². The molecule has 3 aromatic carbocycles. The smallest absolute Gasteiger partial charge is 0.342 e. The fourth-order valence-corrected chi connectivity index (χ4v) is 4.39. The van der Waals surface area contributed by atoms with E-state index in [0.717, 1.165) is 32.1 Å². The first-order valence-electron chi connectivity index (χ1n) is 9.36. The Labute approximate surface area is 177 Å². The lowest BCUT2D eigenvalue weighted by Gasteiger charge is -2.10. The molecule has 7 heteroatoms. The first-order valence-corrected chi connectivity index (χ1v) is 10.2. The van der Waals surface area contributed by atoms with Crippen LogP contribution in [0.15, 0.2) is 48.5 Å². The summed E-state index contributed by atoms with van der Waals surface area (Å²) in [5, 5.41) is 5.01. The van der Waals surface area contributed by atoms with E-state index in [0.29, 0.717) is 10.9 Å². The van der Waals surface area contributed by atoms with Crippen LogP contribution in [-0.4, -0.2) is 30.6 Å². The van der Waals surface area contributed by atoms with Gasteiger partial charge < -0.3 is 9.47 Å². The molecule has 0 unspecified atom stereocenters. The monoisotopic (exact) mass is 420 g/mol. The molecule has 0 radical (unpaired) electrons. The van der Waals surface area contributed by atoms with Crippen molar-refractivity contribution >= 4 is 49.3 Å². The summed E-state index contributed by atoms with van der Waals surface area (Å²) < 4.78 is 11.5. The molecule has 1 N–H and O–H groups in total. The number of aryl methyl sites for hydroxylation is 2. The van der Waals surface area contributed by atoms with Crippen molar-refractivity contribution in [3.05, 3.63) is 65.2 Å². The maximum absolute atomic E-state index is 12.6. The highest BCUT2D eigenvalue weighted by Crippen LogP contribution is 2.29. The van der Waals surface area contributed by atoms with Crippen LogP contribution in [0.5, 0.6) is 5.75 Å². The van der Waals surface area contributed by atoms with Crippen LogP contribution in [0.25, 0.3) is 21.0 Å². The predicted molar refractivity (Wildman–Crippen MR) is 119 cm³/mol. The summed E-state index contributed by atoms with van der Waals surface area (Å²) in [6.07, 6.45) is 0. The van der Waals surface area contributed by atoms with Crippen molar-refractivity contribution in [2.75, 3.05) is 19.0 Å². The number of rotatable bonds is 5. The van der Waals surface area contributed by atoms with Crippen molar-refractivity contribution < 1.29 is 19.1 Å².